The summed E-state index contributed by atoms with van der Waals surface area (Å²) in [5.41, 5.74) is 3.49. The van der Waals surface area contributed by atoms with E-state index in [1.165, 1.54) is 0 Å². The van der Waals surface area contributed by atoms with Gasteiger partial charge in [-0.1, -0.05) is 47.7 Å². The molecule has 0 saturated heterocycles. The van der Waals surface area contributed by atoms with Gasteiger partial charge >= 0.3 is 0 Å². The van der Waals surface area contributed by atoms with Crippen molar-refractivity contribution in [3.05, 3.63) is 71.9 Å². The molecule has 2 aromatic carbocycles. The van der Waals surface area contributed by atoms with E-state index in [4.69, 9.17) is 0 Å². The maximum absolute atomic E-state index is 11.1. The Morgan fingerprint density at radius 2 is 1.80 bits per heavy atom. The van der Waals surface area contributed by atoms with E-state index in [2.05, 4.69) is 25.8 Å². The number of aliphatic hydroxyl groups excluding tert-OH is 1. The average Bonchev–Trinajstić information content (AvgIpc) is 3.29. The quantitative estimate of drug-likeness (QED) is 0.525. The maximum Gasteiger partial charge on any atom is 0.127 e. The number of hydrogen-bond donors (Lipinski definition) is 3. The molecular weight excluding hydrogens is 316 g/mol. The fourth-order valence-electron chi connectivity index (χ4n) is 3.57. The Kier molecular flexibility index (Phi) is 3.07. The number of H-pyrrole nitrogens is 1. The molecule has 3 N–H and O–H groups in total. The molecule has 0 amide bonds. The highest BCUT2D eigenvalue weighted by atomic mass is 16.3. The molecule has 1 aliphatic rings. The molecule has 124 valence electrons. The summed E-state index contributed by atoms with van der Waals surface area (Å²) in [7, 11) is 0. The summed E-state index contributed by atoms with van der Waals surface area (Å²) in [6.45, 7) is 0. The zero-order chi connectivity index (χ0) is 16.8. The van der Waals surface area contributed by atoms with Crippen LogP contribution in [-0.2, 0) is 0 Å². The average molecular weight is 332 g/mol. The fraction of sp³-hybridized carbons (Fsp3) is 0.167. The van der Waals surface area contributed by atoms with E-state index in [1.54, 1.807) is 10.9 Å². The largest absolute Gasteiger partial charge is 0.386 e. The zero-order valence-corrected chi connectivity index (χ0v) is 13.2. The van der Waals surface area contributed by atoms with Gasteiger partial charge in [-0.2, -0.15) is 5.10 Å². The van der Waals surface area contributed by atoms with Gasteiger partial charge < -0.3 is 10.4 Å². The number of rotatable bonds is 2. The smallest absolute Gasteiger partial charge is 0.127 e. The van der Waals surface area contributed by atoms with E-state index in [9.17, 15) is 5.11 Å². The highest BCUT2D eigenvalue weighted by Crippen LogP contribution is 2.45. The van der Waals surface area contributed by atoms with Crippen LogP contribution >= 0.6 is 0 Å². The molecule has 4 aromatic rings. The molecule has 7 nitrogen and oxygen atoms in total. The van der Waals surface area contributed by atoms with E-state index in [1.807, 2.05) is 54.6 Å². The number of nitrogens with zero attached hydrogens (tertiary/aromatic N) is 4. The lowest BCUT2D eigenvalue weighted by Gasteiger charge is -2.36. The van der Waals surface area contributed by atoms with Crippen LogP contribution in [0.15, 0.2) is 60.8 Å². The number of anilines is 1. The van der Waals surface area contributed by atoms with Gasteiger partial charge in [-0.05, 0) is 17.7 Å². The molecule has 25 heavy (non-hydrogen) atoms. The lowest BCUT2D eigenvalue weighted by atomic mass is 9.89. The lowest BCUT2D eigenvalue weighted by Crippen LogP contribution is -2.34. The van der Waals surface area contributed by atoms with Crippen LogP contribution in [0.25, 0.3) is 11.0 Å². The van der Waals surface area contributed by atoms with Gasteiger partial charge in [0.2, 0.25) is 0 Å². The van der Waals surface area contributed by atoms with Crippen molar-refractivity contribution < 1.29 is 5.11 Å². The van der Waals surface area contributed by atoms with Crippen LogP contribution < -0.4 is 5.32 Å². The molecule has 0 saturated carbocycles. The van der Waals surface area contributed by atoms with Crippen LogP contribution in [0.2, 0.25) is 0 Å². The molecule has 0 unspecified atom stereocenters. The van der Waals surface area contributed by atoms with Crippen LogP contribution in [0.3, 0.4) is 0 Å². The third-order valence-electron chi connectivity index (χ3n) is 4.77. The minimum absolute atomic E-state index is 0.172. The first kappa shape index (κ1) is 14.2. The predicted octanol–water partition coefficient (Wildman–Crippen LogP) is 2.60. The van der Waals surface area contributed by atoms with Crippen molar-refractivity contribution in [3.8, 4) is 0 Å². The number of benzene rings is 2. The molecule has 0 fully saturated rings. The summed E-state index contributed by atoms with van der Waals surface area (Å²) in [6.07, 6.45) is 0.894. The Labute approximate surface area is 143 Å². The summed E-state index contributed by atoms with van der Waals surface area (Å²) < 4.78 is 1.81. The molecule has 0 bridgehead atoms. The van der Waals surface area contributed by atoms with Crippen molar-refractivity contribution in [3.63, 3.8) is 0 Å². The topological polar surface area (TPSA) is 91.7 Å². The fourth-order valence-corrected chi connectivity index (χ4v) is 3.57. The first-order chi connectivity index (χ1) is 12.3. The second-order valence-electron chi connectivity index (χ2n) is 6.19. The van der Waals surface area contributed by atoms with Crippen LogP contribution in [0.1, 0.15) is 29.3 Å². The molecular formula is C18H16N6O. The minimum atomic E-state index is -0.759. The van der Waals surface area contributed by atoms with Gasteiger partial charge in [0.1, 0.15) is 23.5 Å². The van der Waals surface area contributed by atoms with Gasteiger partial charge in [-0.25, -0.2) is 4.68 Å². The van der Waals surface area contributed by atoms with Crippen molar-refractivity contribution in [2.45, 2.75) is 18.2 Å². The van der Waals surface area contributed by atoms with E-state index in [0.29, 0.717) is 0 Å². The highest BCUT2D eigenvalue weighted by Gasteiger charge is 2.40. The molecule has 7 heteroatoms. The summed E-state index contributed by atoms with van der Waals surface area (Å²) in [6, 6.07) is 17.3. The molecule has 1 aliphatic heterocycles. The molecule has 2 aromatic heterocycles. The monoisotopic (exact) mass is 332 g/mol. The number of fused-ring (bicyclic) bond motifs is 2. The number of aromatic amines is 1. The van der Waals surface area contributed by atoms with E-state index in [-0.39, 0.29) is 12.1 Å². The van der Waals surface area contributed by atoms with Crippen LogP contribution in [0.4, 0.5) is 5.82 Å². The first-order valence-corrected chi connectivity index (χ1v) is 8.15. The Morgan fingerprint density at radius 3 is 2.68 bits per heavy atom. The standard InChI is InChI=1S/C18H16N6O/c25-17-12-10-19-22-18(12)20-15(11-6-2-1-3-7-11)16(17)24-14-9-5-4-8-13(14)21-23-24/h1-10,15-17,25H,(H2,19,20,22)/t15-,16-,17-/m1/s1. The Morgan fingerprint density at radius 1 is 1.00 bits per heavy atom. The number of nitrogens with one attached hydrogen (secondary N) is 2. The minimum Gasteiger partial charge on any atom is -0.386 e. The van der Waals surface area contributed by atoms with Gasteiger partial charge in [0.25, 0.3) is 0 Å². The van der Waals surface area contributed by atoms with Crippen LogP contribution in [0.5, 0.6) is 0 Å². The Hall–Kier alpha value is -3.19. The lowest BCUT2D eigenvalue weighted by molar-refractivity contribution is 0.0907. The number of aromatic nitrogens is 5. The first-order valence-electron chi connectivity index (χ1n) is 8.15. The molecule has 0 spiro atoms. The molecule has 3 heterocycles. The van der Waals surface area contributed by atoms with Crippen molar-refractivity contribution >= 4 is 16.9 Å². The summed E-state index contributed by atoms with van der Waals surface area (Å²) in [5.74, 6) is 0.738. The predicted molar refractivity (Wildman–Crippen MR) is 92.9 cm³/mol. The second kappa shape index (κ2) is 5.42. The third kappa shape index (κ3) is 2.13. The Balaban J connectivity index is 1.71. The molecule has 0 aliphatic carbocycles. The van der Waals surface area contributed by atoms with Gasteiger partial charge in [-0.15, -0.1) is 5.10 Å². The SMILES string of the molecule is O[C@@H]1c2cn[nH]c2N[C@H](c2ccccc2)[C@H]1n1nnc2ccccc21. The van der Waals surface area contributed by atoms with Gasteiger partial charge in [0, 0.05) is 5.56 Å². The Bertz CT molecular complexity index is 1020. The van der Waals surface area contributed by atoms with Crippen molar-refractivity contribution in [2.75, 3.05) is 5.32 Å². The number of para-hydroxylation sites is 1. The third-order valence-corrected chi connectivity index (χ3v) is 4.77. The molecule has 0 radical (unpaired) electrons. The van der Waals surface area contributed by atoms with Gasteiger partial charge in [-0.3, -0.25) is 5.10 Å². The molecule has 3 atom stereocenters. The number of aliphatic hydroxyl groups is 1. The van der Waals surface area contributed by atoms with E-state index < -0.39 is 6.10 Å². The summed E-state index contributed by atoms with van der Waals surface area (Å²) >= 11 is 0. The van der Waals surface area contributed by atoms with Crippen molar-refractivity contribution in [1.82, 2.24) is 25.2 Å². The maximum atomic E-state index is 11.1. The normalized spacial score (nSPS) is 22.5. The number of hydrogen-bond acceptors (Lipinski definition) is 5. The van der Waals surface area contributed by atoms with E-state index >= 15 is 0 Å². The summed E-state index contributed by atoms with van der Waals surface area (Å²) in [5, 5.41) is 30.1. The molecule has 5 rings (SSSR count). The van der Waals surface area contributed by atoms with Gasteiger partial charge in [0.05, 0.1) is 17.8 Å². The van der Waals surface area contributed by atoms with Crippen molar-refractivity contribution in [1.29, 1.82) is 0 Å². The highest BCUT2D eigenvalue weighted by molar-refractivity contribution is 5.74. The zero-order valence-electron chi connectivity index (χ0n) is 13.2. The van der Waals surface area contributed by atoms with E-state index in [0.717, 1.165) is 28.0 Å². The summed E-state index contributed by atoms with van der Waals surface area (Å²) in [4.78, 5) is 0. The van der Waals surface area contributed by atoms with Crippen molar-refractivity contribution in [2.24, 2.45) is 0 Å². The van der Waals surface area contributed by atoms with Crippen LogP contribution in [-0.4, -0.2) is 30.3 Å². The second-order valence-corrected chi connectivity index (χ2v) is 6.19. The van der Waals surface area contributed by atoms with Crippen LogP contribution in [0, 0.1) is 0 Å². The van der Waals surface area contributed by atoms with Gasteiger partial charge in [0.15, 0.2) is 0 Å².